The molecule has 27 heavy (non-hydrogen) atoms. The molecule has 0 saturated carbocycles. The van der Waals surface area contributed by atoms with Gasteiger partial charge >= 0.3 is 0 Å². The molecule has 0 spiro atoms. The van der Waals surface area contributed by atoms with E-state index in [2.05, 4.69) is 10.1 Å². The van der Waals surface area contributed by atoms with E-state index in [1.165, 1.54) is 0 Å². The number of rotatable bonds is 6. The maximum atomic E-state index is 12.5. The molecule has 1 aromatic carbocycles. The Morgan fingerprint density at radius 3 is 2.33 bits per heavy atom. The van der Waals surface area contributed by atoms with Crippen LogP contribution in [0.4, 0.5) is 0 Å². The summed E-state index contributed by atoms with van der Waals surface area (Å²) in [5, 5.41) is 3.91. The zero-order chi connectivity index (χ0) is 19.2. The standard InChI is InChI=1S/C20H25N3O4/c1-15-10-19(27-21-15)14-22-6-8-23(9-7-22)20(24)5-4-16-11-17(25-2)13-18(12-16)26-3/h4-5,10-13H,6-9,14H2,1-3H3/b5-4+. The number of ether oxygens (including phenoxy) is 2. The maximum Gasteiger partial charge on any atom is 0.246 e. The molecule has 3 rings (SSSR count). The largest absolute Gasteiger partial charge is 0.497 e. The summed E-state index contributed by atoms with van der Waals surface area (Å²) in [7, 11) is 3.21. The van der Waals surface area contributed by atoms with Crippen molar-refractivity contribution in [2.24, 2.45) is 0 Å². The molecule has 7 heteroatoms. The highest BCUT2D eigenvalue weighted by molar-refractivity contribution is 5.92. The summed E-state index contributed by atoms with van der Waals surface area (Å²) in [6.07, 6.45) is 3.39. The van der Waals surface area contributed by atoms with E-state index >= 15 is 0 Å². The number of nitrogens with zero attached hydrogens (tertiary/aromatic N) is 3. The van der Waals surface area contributed by atoms with Crippen LogP contribution in [0.1, 0.15) is 17.0 Å². The van der Waals surface area contributed by atoms with E-state index in [-0.39, 0.29) is 5.91 Å². The molecule has 144 valence electrons. The first-order valence-corrected chi connectivity index (χ1v) is 8.92. The molecule has 1 aromatic heterocycles. The number of hydrogen-bond donors (Lipinski definition) is 0. The molecule has 2 aromatic rings. The van der Waals surface area contributed by atoms with Crippen LogP contribution in [-0.4, -0.2) is 61.3 Å². The maximum absolute atomic E-state index is 12.5. The van der Waals surface area contributed by atoms with Crippen molar-refractivity contribution in [3.63, 3.8) is 0 Å². The molecule has 0 bridgehead atoms. The predicted molar refractivity (Wildman–Crippen MR) is 102 cm³/mol. The Morgan fingerprint density at radius 2 is 1.78 bits per heavy atom. The fourth-order valence-corrected chi connectivity index (χ4v) is 3.04. The number of carbonyl (C=O) groups is 1. The Hall–Kier alpha value is -2.80. The van der Waals surface area contributed by atoms with Crippen LogP contribution in [0.25, 0.3) is 6.08 Å². The highest BCUT2D eigenvalue weighted by Crippen LogP contribution is 2.23. The minimum absolute atomic E-state index is 0.00643. The van der Waals surface area contributed by atoms with Gasteiger partial charge in [0, 0.05) is 44.4 Å². The number of piperazine rings is 1. The average Bonchev–Trinajstić information content (AvgIpc) is 3.11. The summed E-state index contributed by atoms with van der Waals surface area (Å²) in [6.45, 7) is 5.64. The molecule has 2 heterocycles. The van der Waals surface area contributed by atoms with Gasteiger partial charge in [-0.15, -0.1) is 0 Å². The van der Waals surface area contributed by atoms with Gasteiger partial charge in [-0.05, 0) is 30.7 Å². The molecule has 1 fully saturated rings. The van der Waals surface area contributed by atoms with E-state index in [1.807, 2.05) is 30.0 Å². The van der Waals surface area contributed by atoms with E-state index in [1.54, 1.807) is 32.4 Å². The lowest BCUT2D eigenvalue weighted by Gasteiger charge is -2.33. The monoisotopic (exact) mass is 371 g/mol. The second kappa shape index (κ2) is 8.73. The van der Waals surface area contributed by atoms with Gasteiger partial charge in [-0.25, -0.2) is 0 Å². The third-order valence-electron chi connectivity index (χ3n) is 4.53. The summed E-state index contributed by atoms with van der Waals surface area (Å²) in [5.74, 6) is 2.25. The predicted octanol–water partition coefficient (Wildman–Crippen LogP) is 2.36. The van der Waals surface area contributed by atoms with Crippen LogP contribution in [-0.2, 0) is 11.3 Å². The fraction of sp³-hybridized carbons (Fsp3) is 0.400. The van der Waals surface area contributed by atoms with Crippen LogP contribution in [0, 0.1) is 6.92 Å². The highest BCUT2D eigenvalue weighted by atomic mass is 16.5. The number of aryl methyl sites for hydroxylation is 1. The molecule has 0 radical (unpaired) electrons. The van der Waals surface area contributed by atoms with Gasteiger partial charge in [0.15, 0.2) is 5.76 Å². The normalized spacial score (nSPS) is 15.3. The molecule has 0 unspecified atom stereocenters. The minimum atomic E-state index is 0.00643. The van der Waals surface area contributed by atoms with Crippen molar-refractivity contribution >= 4 is 12.0 Å². The quantitative estimate of drug-likeness (QED) is 0.726. The minimum Gasteiger partial charge on any atom is -0.497 e. The second-order valence-corrected chi connectivity index (χ2v) is 6.52. The summed E-state index contributed by atoms with van der Waals surface area (Å²) in [4.78, 5) is 16.6. The number of methoxy groups -OCH3 is 2. The summed E-state index contributed by atoms with van der Waals surface area (Å²) in [6, 6.07) is 7.48. The first-order chi connectivity index (χ1) is 13.1. The molecular weight excluding hydrogens is 346 g/mol. The van der Waals surface area contributed by atoms with Crippen LogP contribution in [0.3, 0.4) is 0 Å². The third-order valence-corrected chi connectivity index (χ3v) is 4.53. The summed E-state index contributed by atoms with van der Waals surface area (Å²) in [5.41, 5.74) is 1.75. The molecule has 0 N–H and O–H groups in total. The van der Waals surface area contributed by atoms with Gasteiger partial charge in [0.1, 0.15) is 11.5 Å². The highest BCUT2D eigenvalue weighted by Gasteiger charge is 2.20. The molecule has 1 aliphatic rings. The van der Waals surface area contributed by atoms with Gasteiger partial charge in [-0.1, -0.05) is 5.16 Å². The Bertz CT molecular complexity index is 785. The van der Waals surface area contributed by atoms with Gasteiger partial charge in [0.25, 0.3) is 0 Å². The van der Waals surface area contributed by atoms with E-state index < -0.39 is 0 Å². The van der Waals surface area contributed by atoms with Crippen LogP contribution < -0.4 is 9.47 Å². The number of aromatic nitrogens is 1. The summed E-state index contributed by atoms with van der Waals surface area (Å²) >= 11 is 0. The first kappa shape index (κ1) is 19.0. The Labute approximate surface area is 159 Å². The van der Waals surface area contributed by atoms with E-state index in [0.717, 1.165) is 36.7 Å². The van der Waals surface area contributed by atoms with Crippen molar-refractivity contribution in [3.05, 3.63) is 47.4 Å². The van der Waals surface area contributed by atoms with Crippen LogP contribution >= 0.6 is 0 Å². The van der Waals surface area contributed by atoms with E-state index in [4.69, 9.17) is 14.0 Å². The van der Waals surface area contributed by atoms with Crippen molar-refractivity contribution in [2.75, 3.05) is 40.4 Å². The van der Waals surface area contributed by atoms with Gasteiger partial charge < -0.3 is 18.9 Å². The lowest BCUT2D eigenvalue weighted by molar-refractivity contribution is -0.127. The molecule has 0 aliphatic carbocycles. The number of hydrogen-bond acceptors (Lipinski definition) is 6. The van der Waals surface area contributed by atoms with Crippen LogP contribution in [0.15, 0.2) is 34.9 Å². The Morgan fingerprint density at radius 1 is 1.11 bits per heavy atom. The molecule has 0 atom stereocenters. The van der Waals surface area contributed by atoms with Crippen LogP contribution in [0.2, 0.25) is 0 Å². The summed E-state index contributed by atoms with van der Waals surface area (Å²) < 4.78 is 15.8. The first-order valence-electron chi connectivity index (χ1n) is 8.92. The second-order valence-electron chi connectivity index (χ2n) is 6.52. The lowest BCUT2D eigenvalue weighted by Crippen LogP contribution is -2.47. The van der Waals surface area contributed by atoms with Crippen LogP contribution in [0.5, 0.6) is 11.5 Å². The molecular formula is C20H25N3O4. The molecule has 7 nitrogen and oxygen atoms in total. The zero-order valence-corrected chi connectivity index (χ0v) is 16.0. The smallest absolute Gasteiger partial charge is 0.246 e. The number of benzene rings is 1. The third kappa shape index (κ3) is 5.10. The van der Waals surface area contributed by atoms with E-state index in [9.17, 15) is 4.79 Å². The van der Waals surface area contributed by atoms with E-state index in [0.29, 0.717) is 24.6 Å². The van der Waals surface area contributed by atoms with Crippen molar-refractivity contribution in [3.8, 4) is 11.5 Å². The van der Waals surface area contributed by atoms with Crippen molar-refractivity contribution in [2.45, 2.75) is 13.5 Å². The van der Waals surface area contributed by atoms with Crippen molar-refractivity contribution in [1.29, 1.82) is 0 Å². The number of amides is 1. The SMILES string of the molecule is COc1cc(/C=C/C(=O)N2CCN(Cc3cc(C)no3)CC2)cc(OC)c1. The lowest BCUT2D eigenvalue weighted by atomic mass is 10.1. The van der Waals surface area contributed by atoms with Gasteiger partial charge in [-0.2, -0.15) is 0 Å². The van der Waals surface area contributed by atoms with Gasteiger partial charge in [0.2, 0.25) is 5.91 Å². The zero-order valence-electron chi connectivity index (χ0n) is 16.0. The van der Waals surface area contributed by atoms with Gasteiger partial charge in [-0.3, -0.25) is 9.69 Å². The van der Waals surface area contributed by atoms with Gasteiger partial charge in [0.05, 0.1) is 26.5 Å². The topological polar surface area (TPSA) is 68.0 Å². The molecule has 1 saturated heterocycles. The fourth-order valence-electron chi connectivity index (χ4n) is 3.04. The van der Waals surface area contributed by atoms with Crippen molar-refractivity contribution in [1.82, 2.24) is 15.0 Å². The Balaban J connectivity index is 1.54. The number of carbonyl (C=O) groups excluding carboxylic acids is 1. The van der Waals surface area contributed by atoms with Crippen molar-refractivity contribution < 1.29 is 18.8 Å². The molecule has 1 amide bonds. The Kier molecular flexibility index (Phi) is 6.13. The average molecular weight is 371 g/mol. The molecule has 1 aliphatic heterocycles.